The van der Waals surface area contributed by atoms with Gasteiger partial charge in [-0.25, -0.2) is 0 Å². The van der Waals surface area contributed by atoms with Gasteiger partial charge in [0.15, 0.2) is 0 Å². The molecule has 1 atom stereocenters. The van der Waals surface area contributed by atoms with Gasteiger partial charge in [0.25, 0.3) is 0 Å². The van der Waals surface area contributed by atoms with E-state index in [2.05, 4.69) is 5.32 Å². The van der Waals surface area contributed by atoms with Crippen molar-refractivity contribution < 1.29 is 4.79 Å². The fourth-order valence-electron chi connectivity index (χ4n) is 1.32. The Hall–Kier alpha value is -1.35. The van der Waals surface area contributed by atoms with Gasteiger partial charge >= 0.3 is 0 Å². The van der Waals surface area contributed by atoms with Crippen molar-refractivity contribution in [2.24, 2.45) is 5.73 Å². The number of hydrogen-bond acceptors (Lipinski definition) is 2. The van der Waals surface area contributed by atoms with Crippen molar-refractivity contribution in [3.8, 4) is 0 Å². The summed E-state index contributed by atoms with van der Waals surface area (Å²) in [6, 6.07) is 7.35. The molecule has 0 aliphatic carbocycles. The van der Waals surface area contributed by atoms with E-state index in [9.17, 15) is 4.79 Å². The van der Waals surface area contributed by atoms with Gasteiger partial charge < -0.3 is 11.1 Å². The predicted molar refractivity (Wildman–Crippen MR) is 52.2 cm³/mol. The summed E-state index contributed by atoms with van der Waals surface area (Å²) in [6.07, 6.45) is 0. The summed E-state index contributed by atoms with van der Waals surface area (Å²) in [5, 5.41) is 2.87. The van der Waals surface area contributed by atoms with Gasteiger partial charge in [0.2, 0.25) is 5.91 Å². The molecule has 70 valence electrons. The van der Waals surface area contributed by atoms with E-state index in [1.54, 1.807) is 7.05 Å². The lowest BCUT2D eigenvalue weighted by molar-refractivity contribution is -0.120. The smallest absolute Gasteiger partial charge is 0.239 e. The molecule has 0 heterocycles. The molecule has 0 aliphatic rings. The molecule has 13 heavy (non-hydrogen) atoms. The first-order valence-electron chi connectivity index (χ1n) is 4.18. The second-order valence-corrected chi connectivity index (χ2v) is 3.04. The van der Waals surface area contributed by atoms with Crippen molar-refractivity contribution in [1.29, 1.82) is 0 Å². The number of carbonyl (C=O) groups is 1. The van der Waals surface area contributed by atoms with Gasteiger partial charge in [-0.2, -0.15) is 0 Å². The van der Waals surface area contributed by atoms with Gasteiger partial charge in [0.1, 0.15) is 6.04 Å². The van der Waals surface area contributed by atoms with Crippen LogP contribution in [0.5, 0.6) is 0 Å². The van der Waals surface area contributed by atoms with Crippen molar-refractivity contribution >= 4 is 5.91 Å². The molecule has 0 radical (unpaired) electrons. The van der Waals surface area contributed by atoms with Crippen molar-refractivity contribution in [3.63, 3.8) is 0 Å². The van der Waals surface area contributed by atoms with Crippen molar-refractivity contribution in [3.05, 3.63) is 35.4 Å². The third kappa shape index (κ3) is 2.29. The number of carbonyl (C=O) groups excluding carboxylic acids is 1. The number of amides is 1. The number of aryl methyl sites for hydroxylation is 1. The van der Waals surface area contributed by atoms with E-state index < -0.39 is 0 Å². The molecule has 0 aromatic heterocycles. The number of nitrogens with one attached hydrogen (secondary N) is 1. The van der Waals surface area contributed by atoms with Gasteiger partial charge in [0, 0.05) is 0 Å². The largest absolute Gasteiger partial charge is 0.368 e. The van der Waals surface area contributed by atoms with Gasteiger partial charge in [-0.15, -0.1) is 0 Å². The lowest BCUT2D eigenvalue weighted by atomic mass is 10.0. The first-order chi connectivity index (χ1) is 6.15. The van der Waals surface area contributed by atoms with Crippen LogP contribution in [0, 0.1) is 6.92 Å². The second-order valence-electron chi connectivity index (χ2n) is 3.04. The summed E-state index contributed by atoms with van der Waals surface area (Å²) in [7, 11) is 1.72. The SMILES string of the molecule is CNC(C(N)=O)c1cccc(C)c1. The fourth-order valence-corrected chi connectivity index (χ4v) is 1.32. The number of rotatable bonds is 3. The third-order valence-electron chi connectivity index (χ3n) is 1.95. The quantitative estimate of drug-likeness (QED) is 0.717. The maximum Gasteiger partial charge on any atom is 0.239 e. The van der Waals surface area contributed by atoms with E-state index in [4.69, 9.17) is 5.73 Å². The molecular formula is C10H14N2O. The Morgan fingerprint density at radius 1 is 1.54 bits per heavy atom. The number of primary amides is 1. The lowest BCUT2D eigenvalue weighted by Crippen LogP contribution is -2.31. The molecule has 1 unspecified atom stereocenters. The summed E-state index contributed by atoms with van der Waals surface area (Å²) in [5.41, 5.74) is 7.26. The molecule has 3 nitrogen and oxygen atoms in total. The topological polar surface area (TPSA) is 55.1 Å². The molecule has 3 N–H and O–H groups in total. The molecule has 1 aromatic rings. The number of hydrogen-bond donors (Lipinski definition) is 2. The van der Waals surface area contributed by atoms with Crippen LogP contribution in [0.25, 0.3) is 0 Å². The predicted octanol–water partition coefficient (Wildman–Crippen LogP) is 0.741. The Kier molecular flexibility index (Phi) is 3.03. The molecule has 0 fully saturated rings. The third-order valence-corrected chi connectivity index (χ3v) is 1.95. The van der Waals surface area contributed by atoms with Crippen molar-refractivity contribution in [1.82, 2.24) is 5.32 Å². The highest BCUT2D eigenvalue weighted by Gasteiger charge is 2.14. The monoisotopic (exact) mass is 178 g/mol. The summed E-state index contributed by atoms with van der Waals surface area (Å²) >= 11 is 0. The van der Waals surface area contributed by atoms with E-state index in [-0.39, 0.29) is 11.9 Å². The summed E-state index contributed by atoms with van der Waals surface area (Å²) in [5.74, 6) is -0.354. The van der Waals surface area contributed by atoms with Crippen LogP contribution >= 0.6 is 0 Å². The maximum atomic E-state index is 11.0. The lowest BCUT2D eigenvalue weighted by Gasteiger charge is -2.12. The minimum absolute atomic E-state index is 0.354. The molecule has 3 heteroatoms. The number of likely N-dealkylation sites (N-methyl/N-ethyl adjacent to an activating group) is 1. The second kappa shape index (κ2) is 4.05. The highest BCUT2D eigenvalue weighted by molar-refractivity contribution is 5.81. The Morgan fingerprint density at radius 2 is 2.23 bits per heavy atom. The zero-order valence-corrected chi connectivity index (χ0v) is 7.87. The number of nitrogens with two attached hydrogens (primary N) is 1. The highest BCUT2D eigenvalue weighted by Crippen LogP contribution is 2.13. The van der Waals surface area contributed by atoms with E-state index in [0.717, 1.165) is 11.1 Å². The molecule has 0 aliphatic heterocycles. The van der Waals surface area contributed by atoms with Crippen LogP contribution < -0.4 is 11.1 Å². The Morgan fingerprint density at radius 3 is 2.69 bits per heavy atom. The maximum absolute atomic E-state index is 11.0. The number of benzene rings is 1. The minimum Gasteiger partial charge on any atom is -0.368 e. The van der Waals surface area contributed by atoms with Gasteiger partial charge in [-0.05, 0) is 19.5 Å². The van der Waals surface area contributed by atoms with Gasteiger partial charge in [-0.3, -0.25) is 4.79 Å². The first-order valence-corrected chi connectivity index (χ1v) is 4.18. The average Bonchev–Trinajstić information content (AvgIpc) is 2.04. The van der Waals surface area contributed by atoms with E-state index >= 15 is 0 Å². The standard InChI is InChI=1S/C10H14N2O/c1-7-4-3-5-8(6-7)9(12-2)10(11)13/h3-6,9,12H,1-2H3,(H2,11,13). The molecule has 1 rings (SSSR count). The molecule has 0 bridgehead atoms. The van der Waals surface area contributed by atoms with E-state index in [1.165, 1.54) is 0 Å². The first kappa shape index (κ1) is 9.74. The summed E-state index contributed by atoms with van der Waals surface area (Å²) < 4.78 is 0. The average molecular weight is 178 g/mol. The Labute approximate surface area is 77.9 Å². The van der Waals surface area contributed by atoms with E-state index in [0.29, 0.717) is 0 Å². The van der Waals surface area contributed by atoms with Crippen LogP contribution in [0.15, 0.2) is 24.3 Å². The highest BCUT2D eigenvalue weighted by atomic mass is 16.1. The Bertz CT molecular complexity index is 310. The normalized spacial score (nSPS) is 12.5. The summed E-state index contributed by atoms with van der Waals surface area (Å²) in [4.78, 5) is 11.0. The van der Waals surface area contributed by atoms with Gasteiger partial charge in [0.05, 0.1) is 0 Å². The molecule has 0 saturated heterocycles. The fraction of sp³-hybridized carbons (Fsp3) is 0.300. The Balaban J connectivity index is 2.98. The zero-order chi connectivity index (χ0) is 9.84. The molecule has 1 aromatic carbocycles. The van der Waals surface area contributed by atoms with Crippen LogP contribution in [0.3, 0.4) is 0 Å². The van der Waals surface area contributed by atoms with Crippen molar-refractivity contribution in [2.45, 2.75) is 13.0 Å². The molecular weight excluding hydrogens is 164 g/mol. The minimum atomic E-state index is -0.389. The van der Waals surface area contributed by atoms with Crippen LogP contribution in [0.4, 0.5) is 0 Å². The molecule has 1 amide bonds. The van der Waals surface area contributed by atoms with Gasteiger partial charge in [-0.1, -0.05) is 29.8 Å². The van der Waals surface area contributed by atoms with Crippen LogP contribution in [0.1, 0.15) is 17.2 Å². The molecule has 0 saturated carbocycles. The van der Waals surface area contributed by atoms with Crippen molar-refractivity contribution in [2.75, 3.05) is 7.05 Å². The van der Waals surface area contributed by atoms with Crippen LogP contribution in [-0.2, 0) is 4.79 Å². The molecule has 0 spiro atoms. The van der Waals surface area contributed by atoms with E-state index in [1.807, 2.05) is 31.2 Å². The van der Waals surface area contributed by atoms with Crippen LogP contribution in [-0.4, -0.2) is 13.0 Å². The zero-order valence-electron chi connectivity index (χ0n) is 7.87. The van der Waals surface area contributed by atoms with Crippen LogP contribution in [0.2, 0.25) is 0 Å². The summed E-state index contributed by atoms with van der Waals surface area (Å²) in [6.45, 7) is 1.98.